The first-order valence-corrected chi connectivity index (χ1v) is 6.81. The van der Waals surface area contributed by atoms with Gasteiger partial charge in [0.25, 0.3) is 5.91 Å². The molecule has 1 amide bonds. The second-order valence-electron chi connectivity index (χ2n) is 3.85. The maximum atomic E-state index is 11.9. The summed E-state index contributed by atoms with van der Waals surface area (Å²) in [5.74, 6) is -0.0624. The van der Waals surface area contributed by atoms with Gasteiger partial charge >= 0.3 is 0 Å². The minimum atomic E-state index is -0.0624. The number of hydrogen-bond acceptors (Lipinski definition) is 2. The Morgan fingerprint density at radius 1 is 1.24 bits per heavy atom. The number of carbonyl (C=O) groups excluding carboxylic acids is 1. The van der Waals surface area contributed by atoms with Crippen LogP contribution in [-0.4, -0.2) is 5.91 Å². The Bertz CT molecular complexity index is 562. The molecule has 0 bridgehead atoms. The molecular weight excluding hydrogens is 298 g/mol. The summed E-state index contributed by atoms with van der Waals surface area (Å²) in [6, 6.07) is 9.65. The van der Waals surface area contributed by atoms with E-state index in [-0.39, 0.29) is 5.91 Å². The van der Waals surface area contributed by atoms with Crippen molar-refractivity contribution in [2.75, 3.05) is 5.32 Å². The third kappa shape index (κ3) is 2.96. The van der Waals surface area contributed by atoms with Gasteiger partial charge in [0.1, 0.15) is 0 Å². The molecule has 1 aromatic carbocycles. The minimum absolute atomic E-state index is 0.0624. The Kier molecular flexibility index (Phi) is 3.64. The monoisotopic (exact) mass is 309 g/mol. The topological polar surface area (TPSA) is 29.1 Å². The zero-order valence-electron chi connectivity index (χ0n) is 9.58. The molecule has 2 nitrogen and oxygen atoms in total. The van der Waals surface area contributed by atoms with Gasteiger partial charge in [0.2, 0.25) is 0 Å². The van der Waals surface area contributed by atoms with Crippen molar-refractivity contribution in [3.63, 3.8) is 0 Å². The lowest BCUT2D eigenvalue weighted by atomic mass is 10.2. The van der Waals surface area contributed by atoms with Gasteiger partial charge in [-0.3, -0.25) is 4.79 Å². The fourth-order valence-corrected chi connectivity index (χ4v) is 2.82. The molecule has 0 spiro atoms. The molecule has 0 radical (unpaired) electrons. The van der Waals surface area contributed by atoms with Gasteiger partial charge in [-0.25, -0.2) is 0 Å². The average Bonchev–Trinajstić information content (AvgIpc) is 2.69. The maximum absolute atomic E-state index is 11.9. The molecule has 2 aromatic rings. The Morgan fingerprint density at radius 2 is 2.00 bits per heavy atom. The number of nitrogens with one attached hydrogen (secondary N) is 1. The molecule has 0 unspecified atom stereocenters. The second kappa shape index (κ2) is 5.02. The molecule has 0 aliphatic rings. The molecule has 0 saturated carbocycles. The first kappa shape index (κ1) is 12.3. The molecular formula is C13H12BrNOS. The van der Waals surface area contributed by atoms with E-state index in [1.165, 1.54) is 11.3 Å². The van der Waals surface area contributed by atoms with Gasteiger partial charge in [-0.1, -0.05) is 6.07 Å². The molecule has 4 heteroatoms. The summed E-state index contributed by atoms with van der Waals surface area (Å²) in [5, 5.41) is 2.89. The highest BCUT2D eigenvalue weighted by Crippen LogP contribution is 2.25. The van der Waals surface area contributed by atoms with Gasteiger partial charge in [0.05, 0.1) is 10.6 Å². The van der Waals surface area contributed by atoms with Crippen molar-refractivity contribution in [2.24, 2.45) is 0 Å². The molecule has 2 rings (SSSR count). The van der Waals surface area contributed by atoms with E-state index in [4.69, 9.17) is 0 Å². The molecule has 0 aliphatic heterocycles. The number of rotatable bonds is 2. The van der Waals surface area contributed by atoms with Crippen molar-refractivity contribution in [2.45, 2.75) is 13.8 Å². The van der Waals surface area contributed by atoms with Crippen LogP contribution in [0.3, 0.4) is 0 Å². The number of amides is 1. The maximum Gasteiger partial charge on any atom is 0.265 e. The molecule has 1 heterocycles. The van der Waals surface area contributed by atoms with Crippen LogP contribution in [-0.2, 0) is 0 Å². The van der Waals surface area contributed by atoms with Crippen LogP contribution in [0.1, 0.15) is 20.1 Å². The van der Waals surface area contributed by atoms with E-state index in [0.717, 1.165) is 25.5 Å². The highest BCUT2D eigenvalue weighted by molar-refractivity contribution is 9.10. The lowest BCUT2D eigenvalue weighted by Gasteiger charge is -2.06. The van der Waals surface area contributed by atoms with Crippen molar-refractivity contribution in [3.8, 4) is 0 Å². The molecule has 0 fully saturated rings. The number of thiophene rings is 1. The summed E-state index contributed by atoms with van der Waals surface area (Å²) >= 11 is 4.94. The Balaban J connectivity index is 2.18. The Hall–Kier alpha value is -1.13. The second-order valence-corrected chi connectivity index (χ2v) is 5.99. The van der Waals surface area contributed by atoms with E-state index < -0.39 is 0 Å². The molecule has 0 saturated heterocycles. The lowest BCUT2D eigenvalue weighted by molar-refractivity contribution is 0.103. The number of anilines is 1. The summed E-state index contributed by atoms with van der Waals surface area (Å²) in [4.78, 5) is 13.8. The molecule has 17 heavy (non-hydrogen) atoms. The van der Waals surface area contributed by atoms with E-state index in [2.05, 4.69) is 21.2 Å². The van der Waals surface area contributed by atoms with Crippen LogP contribution in [0.25, 0.3) is 0 Å². The normalized spacial score (nSPS) is 10.3. The van der Waals surface area contributed by atoms with E-state index in [1.807, 2.05) is 44.2 Å². The zero-order valence-corrected chi connectivity index (χ0v) is 12.0. The van der Waals surface area contributed by atoms with E-state index in [0.29, 0.717) is 0 Å². The SMILES string of the molecule is Cc1ccc(NC(=O)c2ccc(C)s2)c(Br)c1. The van der Waals surface area contributed by atoms with Crippen LogP contribution in [0.4, 0.5) is 5.69 Å². The Labute approximate surface area is 113 Å². The van der Waals surface area contributed by atoms with Crippen LogP contribution in [0.5, 0.6) is 0 Å². The number of carbonyl (C=O) groups is 1. The zero-order chi connectivity index (χ0) is 12.4. The largest absolute Gasteiger partial charge is 0.320 e. The minimum Gasteiger partial charge on any atom is -0.320 e. The van der Waals surface area contributed by atoms with E-state index >= 15 is 0 Å². The van der Waals surface area contributed by atoms with Crippen molar-refractivity contribution in [1.82, 2.24) is 0 Å². The van der Waals surface area contributed by atoms with Gasteiger partial charge in [0.15, 0.2) is 0 Å². The van der Waals surface area contributed by atoms with E-state index in [1.54, 1.807) is 0 Å². The van der Waals surface area contributed by atoms with Crippen LogP contribution in [0.15, 0.2) is 34.8 Å². The molecule has 1 aromatic heterocycles. The third-order valence-electron chi connectivity index (χ3n) is 2.34. The first-order chi connectivity index (χ1) is 8.06. The highest BCUT2D eigenvalue weighted by atomic mass is 79.9. The van der Waals surface area contributed by atoms with Gasteiger partial charge in [-0.15, -0.1) is 11.3 Å². The van der Waals surface area contributed by atoms with Gasteiger partial charge in [-0.05, 0) is 59.6 Å². The lowest BCUT2D eigenvalue weighted by Crippen LogP contribution is -2.10. The number of aryl methyl sites for hydroxylation is 2. The number of benzene rings is 1. The standard InChI is InChI=1S/C13H12BrNOS/c1-8-3-5-11(10(14)7-8)15-13(16)12-6-4-9(2)17-12/h3-7H,1-2H3,(H,15,16). The first-order valence-electron chi connectivity index (χ1n) is 5.20. The summed E-state index contributed by atoms with van der Waals surface area (Å²) in [6.07, 6.45) is 0. The number of halogens is 1. The van der Waals surface area contributed by atoms with Crippen molar-refractivity contribution in [3.05, 3.63) is 50.1 Å². The average molecular weight is 310 g/mol. The molecule has 88 valence electrons. The molecule has 1 N–H and O–H groups in total. The summed E-state index contributed by atoms with van der Waals surface area (Å²) in [7, 11) is 0. The molecule has 0 atom stereocenters. The van der Waals surface area contributed by atoms with Gasteiger partial charge < -0.3 is 5.32 Å². The highest BCUT2D eigenvalue weighted by Gasteiger charge is 2.09. The third-order valence-corrected chi connectivity index (χ3v) is 3.99. The fraction of sp³-hybridized carbons (Fsp3) is 0.154. The summed E-state index contributed by atoms with van der Waals surface area (Å²) < 4.78 is 0.902. The fourth-order valence-electron chi connectivity index (χ4n) is 1.46. The predicted molar refractivity (Wildman–Crippen MR) is 75.9 cm³/mol. The van der Waals surface area contributed by atoms with Gasteiger partial charge in [-0.2, -0.15) is 0 Å². The summed E-state index contributed by atoms with van der Waals surface area (Å²) in [6.45, 7) is 4.00. The van der Waals surface area contributed by atoms with Crippen molar-refractivity contribution < 1.29 is 4.79 Å². The smallest absolute Gasteiger partial charge is 0.265 e. The molecule has 0 aliphatic carbocycles. The quantitative estimate of drug-likeness (QED) is 0.876. The van der Waals surface area contributed by atoms with Crippen LogP contribution in [0.2, 0.25) is 0 Å². The van der Waals surface area contributed by atoms with Crippen LogP contribution in [0, 0.1) is 13.8 Å². The van der Waals surface area contributed by atoms with Crippen LogP contribution < -0.4 is 5.32 Å². The van der Waals surface area contributed by atoms with Crippen molar-refractivity contribution in [1.29, 1.82) is 0 Å². The van der Waals surface area contributed by atoms with Gasteiger partial charge in [0, 0.05) is 9.35 Å². The predicted octanol–water partition coefficient (Wildman–Crippen LogP) is 4.38. The van der Waals surface area contributed by atoms with Crippen LogP contribution >= 0.6 is 27.3 Å². The number of hydrogen-bond donors (Lipinski definition) is 1. The van der Waals surface area contributed by atoms with Crippen molar-refractivity contribution >= 4 is 38.9 Å². The summed E-state index contributed by atoms with van der Waals surface area (Å²) in [5.41, 5.74) is 1.95. The Morgan fingerprint density at radius 3 is 2.59 bits per heavy atom. The van der Waals surface area contributed by atoms with E-state index in [9.17, 15) is 4.79 Å².